The lowest BCUT2D eigenvalue weighted by Crippen LogP contribution is -2.39. The molecule has 1 aromatic rings. The van der Waals surface area contributed by atoms with Crippen LogP contribution in [0.25, 0.3) is 0 Å². The molecule has 8 heteroatoms. The van der Waals surface area contributed by atoms with Crippen molar-refractivity contribution >= 4 is 6.01 Å². The molecular weight excluding hydrogens is 237 g/mol. The smallest absolute Gasteiger partial charge is 0.406 e. The van der Waals surface area contributed by atoms with Crippen LogP contribution in [0.4, 0.5) is 19.2 Å². The zero-order chi connectivity index (χ0) is 13.1. The van der Waals surface area contributed by atoms with E-state index in [-0.39, 0.29) is 17.9 Å². The summed E-state index contributed by atoms with van der Waals surface area (Å²) in [7, 11) is 1.68. The molecule has 0 bridgehead atoms. The van der Waals surface area contributed by atoms with Crippen LogP contribution < -0.4 is 10.2 Å². The topological polar surface area (TPSA) is 54.2 Å². The van der Waals surface area contributed by atoms with Gasteiger partial charge in [0.25, 0.3) is 0 Å². The minimum absolute atomic E-state index is 0.109. The molecule has 0 aromatic carbocycles. The van der Waals surface area contributed by atoms with Crippen LogP contribution in [0.15, 0.2) is 4.42 Å². The van der Waals surface area contributed by atoms with Gasteiger partial charge in [0, 0.05) is 6.04 Å². The molecular formula is C9H15F3N4O. The first-order chi connectivity index (χ1) is 7.83. The van der Waals surface area contributed by atoms with E-state index in [1.807, 2.05) is 0 Å². The van der Waals surface area contributed by atoms with Crippen molar-refractivity contribution in [3.8, 4) is 0 Å². The summed E-state index contributed by atoms with van der Waals surface area (Å²) in [5.74, 6) is 0.260. The van der Waals surface area contributed by atoms with Crippen molar-refractivity contribution in [2.45, 2.75) is 32.6 Å². The molecule has 0 saturated heterocycles. The van der Waals surface area contributed by atoms with Crippen LogP contribution in [0, 0.1) is 0 Å². The van der Waals surface area contributed by atoms with E-state index < -0.39 is 12.7 Å². The highest BCUT2D eigenvalue weighted by molar-refractivity contribution is 5.26. The highest BCUT2D eigenvalue weighted by atomic mass is 19.4. The van der Waals surface area contributed by atoms with Crippen molar-refractivity contribution in [3.63, 3.8) is 0 Å². The fourth-order valence-electron chi connectivity index (χ4n) is 1.25. The highest BCUT2D eigenvalue weighted by Gasteiger charge is 2.34. The van der Waals surface area contributed by atoms with E-state index in [1.54, 1.807) is 20.9 Å². The molecule has 1 rings (SSSR count). The van der Waals surface area contributed by atoms with Gasteiger partial charge >= 0.3 is 12.2 Å². The van der Waals surface area contributed by atoms with Crippen LogP contribution in [0.2, 0.25) is 0 Å². The number of halogens is 3. The third-order valence-electron chi connectivity index (χ3n) is 2.00. The van der Waals surface area contributed by atoms with E-state index in [2.05, 4.69) is 15.5 Å². The van der Waals surface area contributed by atoms with Gasteiger partial charge in [-0.15, -0.1) is 5.10 Å². The van der Waals surface area contributed by atoms with Gasteiger partial charge in [0.1, 0.15) is 6.54 Å². The Kier molecular flexibility index (Phi) is 4.33. The lowest BCUT2D eigenvalue weighted by molar-refractivity contribution is -0.121. The summed E-state index contributed by atoms with van der Waals surface area (Å²) >= 11 is 0. The minimum Gasteiger partial charge on any atom is -0.407 e. The molecule has 1 N–H and O–H groups in total. The predicted octanol–water partition coefficient (Wildman–Crippen LogP) is 1.57. The molecule has 1 heterocycles. The van der Waals surface area contributed by atoms with Crippen molar-refractivity contribution in [1.29, 1.82) is 0 Å². The van der Waals surface area contributed by atoms with Crippen molar-refractivity contribution in [1.82, 2.24) is 15.5 Å². The van der Waals surface area contributed by atoms with Gasteiger partial charge in [-0.1, -0.05) is 5.10 Å². The molecule has 1 aromatic heterocycles. The molecule has 0 unspecified atom stereocenters. The van der Waals surface area contributed by atoms with Gasteiger partial charge in [0.15, 0.2) is 0 Å². The van der Waals surface area contributed by atoms with Crippen LogP contribution in [-0.2, 0) is 6.54 Å². The molecule has 0 aliphatic heterocycles. The van der Waals surface area contributed by atoms with Gasteiger partial charge in [0.2, 0.25) is 5.89 Å². The third kappa shape index (κ3) is 4.22. The summed E-state index contributed by atoms with van der Waals surface area (Å²) in [4.78, 5) is 1.02. The molecule has 0 spiro atoms. The number of alkyl halides is 3. The molecule has 0 saturated carbocycles. The van der Waals surface area contributed by atoms with E-state index in [0.29, 0.717) is 6.54 Å². The average Bonchev–Trinajstić information content (AvgIpc) is 2.61. The number of nitrogens with one attached hydrogen (secondary N) is 1. The van der Waals surface area contributed by atoms with Crippen LogP contribution in [0.5, 0.6) is 0 Å². The molecule has 0 fully saturated rings. The molecule has 5 nitrogen and oxygen atoms in total. The van der Waals surface area contributed by atoms with Crippen LogP contribution in [0.1, 0.15) is 19.7 Å². The van der Waals surface area contributed by atoms with Gasteiger partial charge in [0.05, 0.1) is 6.54 Å². The number of rotatable bonds is 5. The molecule has 0 amide bonds. The fourth-order valence-corrected chi connectivity index (χ4v) is 1.25. The normalized spacial score (nSPS) is 12.2. The predicted molar refractivity (Wildman–Crippen MR) is 55.6 cm³/mol. The Bertz CT molecular complexity index is 350. The minimum atomic E-state index is -4.30. The molecule has 0 atom stereocenters. The number of aromatic nitrogens is 2. The fraction of sp³-hybridized carbons (Fsp3) is 0.778. The first-order valence-electron chi connectivity index (χ1n) is 5.14. The SMILES string of the molecule is CNCc1nnc(N(CC(F)(F)F)C(C)C)o1. The van der Waals surface area contributed by atoms with E-state index in [1.165, 1.54) is 0 Å². The number of hydrogen-bond acceptors (Lipinski definition) is 5. The summed E-state index contributed by atoms with van der Waals surface area (Å²) in [5.41, 5.74) is 0. The van der Waals surface area contributed by atoms with Gasteiger partial charge in [-0.2, -0.15) is 13.2 Å². The molecule has 17 heavy (non-hydrogen) atoms. The Hall–Kier alpha value is -1.31. The molecule has 0 aliphatic carbocycles. The lowest BCUT2D eigenvalue weighted by atomic mass is 10.3. The maximum atomic E-state index is 12.4. The Balaban J connectivity index is 2.82. The van der Waals surface area contributed by atoms with E-state index >= 15 is 0 Å². The first kappa shape index (κ1) is 13.8. The second-order valence-electron chi connectivity index (χ2n) is 3.85. The van der Waals surface area contributed by atoms with Crippen LogP contribution in [0.3, 0.4) is 0 Å². The zero-order valence-corrected chi connectivity index (χ0v) is 9.88. The van der Waals surface area contributed by atoms with Gasteiger partial charge < -0.3 is 14.6 Å². The van der Waals surface area contributed by atoms with Crippen molar-refractivity contribution in [2.24, 2.45) is 0 Å². The van der Waals surface area contributed by atoms with Gasteiger partial charge in [-0.25, -0.2) is 0 Å². The van der Waals surface area contributed by atoms with E-state index in [9.17, 15) is 13.2 Å². The van der Waals surface area contributed by atoms with Crippen LogP contribution >= 0.6 is 0 Å². The standard InChI is InChI=1S/C9H15F3N4O/c1-6(2)16(5-9(10,11)12)8-15-14-7(17-8)4-13-3/h6,13H,4-5H2,1-3H3. The summed E-state index contributed by atoms with van der Waals surface area (Å²) in [5, 5.41) is 10.0. The summed E-state index contributed by atoms with van der Waals surface area (Å²) in [6, 6.07) is -0.484. The number of hydrogen-bond donors (Lipinski definition) is 1. The number of nitrogens with zero attached hydrogens (tertiary/aromatic N) is 3. The monoisotopic (exact) mass is 252 g/mol. The summed E-state index contributed by atoms with van der Waals surface area (Å²) in [6.07, 6.45) is -4.30. The summed E-state index contributed by atoms with van der Waals surface area (Å²) < 4.78 is 42.2. The Labute approximate surface area is 97.0 Å². The number of anilines is 1. The Morgan fingerprint density at radius 3 is 2.47 bits per heavy atom. The maximum absolute atomic E-state index is 12.4. The zero-order valence-electron chi connectivity index (χ0n) is 9.88. The third-order valence-corrected chi connectivity index (χ3v) is 2.00. The molecule has 0 aliphatic rings. The lowest BCUT2D eigenvalue weighted by Gasteiger charge is -2.25. The Morgan fingerprint density at radius 2 is 2.00 bits per heavy atom. The van der Waals surface area contributed by atoms with E-state index in [0.717, 1.165) is 4.90 Å². The van der Waals surface area contributed by atoms with Gasteiger partial charge in [-0.3, -0.25) is 0 Å². The highest BCUT2D eigenvalue weighted by Crippen LogP contribution is 2.23. The Morgan fingerprint density at radius 1 is 1.35 bits per heavy atom. The van der Waals surface area contributed by atoms with Crippen molar-refractivity contribution in [2.75, 3.05) is 18.5 Å². The van der Waals surface area contributed by atoms with Crippen LogP contribution in [-0.4, -0.2) is 36.0 Å². The van der Waals surface area contributed by atoms with Crippen molar-refractivity contribution in [3.05, 3.63) is 5.89 Å². The summed E-state index contributed by atoms with van der Waals surface area (Å²) in [6.45, 7) is 2.48. The van der Waals surface area contributed by atoms with E-state index in [4.69, 9.17) is 4.42 Å². The largest absolute Gasteiger partial charge is 0.407 e. The second-order valence-corrected chi connectivity index (χ2v) is 3.85. The van der Waals surface area contributed by atoms with Gasteiger partial charge in [-0.05, 0) is 20.9 Å². The van der Waals surface area contributed by atoms with Crippen molar-refractivity contribution < 1.29 is 17.6 Å². The quantitative estimate of drug-likeness (QED) is 0.862. The average molecular weight is 252 g/mol. The molecule has 0 radical (unpaired) electrons. The second kappa shape index (κ2) is 5.35. The first-order valence-corrected chi connectivity index (χ1v) is 5.14. The maximum Gasteiger partial charge on any atom is 0.406 e. The molecule has 98 valence electrons.